The van der Waals surface area contributed by atoms with E-state index in [4.69, 9.17) is 19.2 Å². The van der Waals surface area contributed by atoms with Gasteiger partial charge in [0.15, 0.2) is 17.5 Å². The highest BCUT2D eigenvalue weighted by Gasteiger charge is 2.24. The number of unbranched alkanes of at least 4 members (excludes halogenated alkanes) is 1. The molecule has 7 nitrogen and oxygen atoms in total. The normalized spacial score (nSPS) is 15.7. The van der Waals surface area contributed by atoms with Gasteiger partial charge in [0.25, 0.3) is 0 Å². The fourth-order valence-electron chi connectivity index (χ4n) is 3.48. The van der Waals surface area contributed by atoms with E-state index in [1.165, 1.54) is 17.7 Å². The monoisotopic (exact) mass is 566 g/mol. The van der Waals surface area contributed by atoms with Gasteiger partial charge in [-0.1, -0.05) is 6.07 Å². The molecule has 0 saturated carbocycles. The molecule has 1 atom stereocenters. The van der Waals surface area contributed by atoms with Crippen molar-refractivity contribution in [3.63, 3.8) is 0 Å². The number of hydrogen-bond donors (Lipinski definition) is 2. The van der Waals surface area contributed by atoms with Gasteiger partial charge < -0.3 is 24.8 Å². The largest absolute Gasteiger partial charge is 0.493 e. The second kappa shape index (κ2) is 16.7. The Kier molecular flexibility index (Phi) is 15.1. The minimum absolute atomic E-state index is 0. The zero-order valence-corrected chi connectivity index (χ0v) is 22.5. The first-order chi connectivity index (χ1) is 14.7. The number of methoxy groups -OCH3 is 2. The molecule has 2 N–H and O–H groups in total. The topological polar surface area (TPSA) is 67.4 Å². The van der Waals surface area contributed by atoms with Crippen LogP contribution in [0.25, 0.3) is 0 Å². The first kappa shape index (κ1) is 28.1. The molecule has 1 heterocycles. The fourth-order valence-corrected chi connectivity index (χ4v) is 3.97. The van der Waals surface area contributed by atoms with Gasteiger partial charge in [-0.25, -0.2) is 0 Å². The highest BCUT2D eigenvalue weighted by atomic mass is 127. The van der Waals surface area contributed by atoms with Gasteiger partial charge in [0.2, 0.25) is 0 Å². The maximum atomic E-state index is 5.57. The number of aliphatic imine (C=N–C) groups is 1. The molecule has 2 rings (SSSR count). The predicted octanol–water partition coefficient (Wildman–Crippen LogP) is 3.39. The van der Waals surface area contributed by atoms with E-state index in [1.54, 1.807) is 14.2 Å². The van der Waals surface area contributed by atoms with Crippen molar-refractivity contribution >= 4 is 41.7 Å². The Morgan fingerprint density at radius 3 is 2.55 bits per heavy atom. The van der Waals surface area contributed by atoms with Gasteiger partial charge in [-0.05, 0) is 49.5 Å². The van der Waals surface area contributed by atoms with Crippen LogP contribution in [0.2, 0.25) is 0 Å². The van der Waals surface area contributed by atoms with Gasteiger partial charge >= 0.3 is 0 Å². The van der Waals surface area contributed by atoms with E-state index in [-0.39, 0.29) is 30.0 Å². The van der Waals surface area contributed by atoms with E-state index in [0.717, 1.165) is 63.3 Å². The lowest BCUT2D eigenvalue weighted by atomic mass is 10.0. The lowest BCUT2D eigenvalue weighted by Crippen LogP contribution is -2.42. The molecule has 0 aliphatic carbocycles. The molecular weight excluding hydrogens is 527 g/mol. The molecule has 1 saturated heterocycles. The Morgan fingerprint density at radius 1 is 1.16 bits per heavy atom. The number of rotatable bonds is 12. The van der Waals surface area contributed by atoms with Crippen molar-refractivity contribution in [1.82, 2.24) is 15.5 Å². The van der Waals surface area contributed by atoms with Crippen molar-refractivity contribution in [2.45, 2.75) is 25.8 Å². The zero-order chi connectivity index (χ0) is 21.6. The third kappa shape index (κ3) is 9.63. The van der Waals surface area contributed by atoms with Crippen molar-refractivity contribution < 1.29 is 14.2 Å². The van der Waals surface area contributed by atoms with Crippen molar-refractivity contribution in [2.75, 3.05) is 72.2 Å². The number of thioether (sulfide) groups is 1. The van der Waals surface area contributed by atoms with Gasteiger partial charge in [-0.15, -0.1) is 24.0 Å². The van der Waals surface area contributed by atoms with Gasteiger partial charge in [0.05, 0.1) is 40.0 Å². The molecule has 0 radical (unpaired) electrons. The van der Waals surface area contributed by atoms with Crippen molar-refractivity contribution in [2.24, 2.45) is 4.99 Å². The van der Waals surface area contributed by atoms with Crippen LogP contribution >= 0.6 is 35.7 Å². The average Bonchev–Trinajstić information content (AvgIpc) is 2.79. The summed E-state index contributed by atoms with van der Waals surface area (Å²) in [4.78, 5) is 7.36. The molecule has 1 aliphatic heterocycles. The van der Waals surface area contributed by atoms with Crippen LogP contribution in [0.15, 0.2) is 23.2 Å². The summed E-state index contributed by atoms with van der Waals surface area (Å²) < 4.78 is 16.5. The maximum Gasteiger partial charge on any atom is 0.191 e. The SMILES string of the molecule is CCNC(=NCC(c1ccc(OC)c(OC)c1)N1CCOCC1)NCCCCSC.I. The highest BCUT2D eigenvalue weighted by Crippen LogP contribution is 2.32. The molecule has 0 bridgehead atoms. The van der Waals surface area contributed by atoms with Gasteiger partial charge in [-0.2, -0.15) is 11.8 Å². The van der Waals surface area contributed by atoms with E-state index in [2.05, 4.69) is 40.8 Å². The first-order valence-corrected chi connectivity index (χ1v) is 12.2. The smallest absolute Gasteiger partial charge is 0.191 e. The van der Waals surface area contributed by atoms with E-state index >= 15 is 0 Å². The predicted molar refractivity (Wildman–Crippen MR) is 142 cm³/mol. The van der Waals surface area contributed by atoms with Gasteiger partial charge in [0, 0.05) is 26.2 Å². The van der Waals surface area contributed by atoms with Gasteiger partial charge in [0.1, 0.15) is 0 Å². The molecule has 31 heavy (non-hydrogen) atoms. The van der Waals surface area contributed by atoms with Crippen molar-refractivity contribution in [3.8, 4) is 11.5 Å². The van der Waals surface area contributed by atoms with Crippen LogP contribution in [0.3, 0.4) is 0 Å². The number of guanidine groups is 1. The second-order valence-electron chi connectivity index (χ2n) is 7.12. The number of nitrogens with zero attached hydrogens (tertiary/aromatic N) is 2. The molecule has 0 aromatic heterocycles. The van der Waals surface area contributed by atoms with E-state index < -0.39 is 0 Å². The Labute approximate surface area is 209 Å². The van der Waals surface area contributed by atoms with Crippen LogP contribution < -0.4 is 20.1 Å². The number of nitrogens with one attached hydrogen (secondary N) is 2. The Bertz CT molecular complexity index is 645. The average molecular weight is 567 g/mol. The van der Waals surface area contributed by atoms with E-state index in [9.17, 15) is 0 Å². The summed E-state index contributed by atoms with van der Waals surface area (Å²) in [6.45, 7) is 7.83. The molecule has 1 aromatic carbocycles. The third-order valence-electron chi connectivity index (χ3n) is 5.11. The van der Waals surface area contributed by atoms with Crippen LogP contribution in [0.4, 0.5) is 0 Å². The second-order valence-corrected chi connectivity index (χ2v) is 8.11. The lowest BCUT2D eigenvalue weighted by Gasteiger charge is -2.34. The molecule has 178 valence electrons. The molecule has 1 unspecified atom stereocenters. The number of morpholine rings is 1. The Morgan fingerprint density at radius 2 is 1.90 bits per heavy atom. The summed E-state index contributed by atoms with van der Waals surface area (Å²) in [5.41, 5.74) is 1.18. The molecule has 1 aromatic rings. The third-order valence-corrected chi connectivity index (χ3v) is 5.81. The minimum Gasteiger partial charge on any atom is -0.493 e. The lowest BCUT2D eigenvalue weighted by molar-refractivity contribution is 0.0179. The molecule has 9 heteroatoms. The van der Waals surface area contributed by atoms with Crippen LogP contribution in [0.1, 0.15) is 31.4 Å². The van der Waals surface area contributed by atoms with Crippen LogP contribution in [0, 0.1) is 0 Å². The molecule has 1 aliphatic rings. The van der Waals surface area contributed by atoms with Gasteiger partial charge in [-0.3, -0.25) is 9.89 Å². The summed E-state index contributed by atoms with van der Waals surface area (Å²) in [6, 6.07) is 6.30. The van der Waals surface area contributed by atoms with Crippen LogP contribution in [-0.4, -0.2) is 83.0 Å². The molecular formula is C22H39IN4O3S. The van der Waals surface area contributed by atoms with Crippen molar-refractivity contribution in [1.29, 1.82) is 0 Å². The fraction of sp³-hybridized carbons (Fsp3) is 0.682. The number of ether oxygens (including phenoxy) is 3. The molecule has 1 fully saturated rings. The van der Waals surface area contributed by atoms with Crippen molar-refractivity contribution in [3.05, 3.63) is 23.8 Å². The molecule has 0 spiro atoms. The Hall–Kier alpha value is -0.910. The summed E-state index contributed by atoms with van der Waals surface area (Å²) in [6.07, 6.45) is 4.52. The highest BCUT2D eigenvalue weighted by molar-refractivity contribution is 14.0. The number of halogens is 1. The summed E-state index contributed by atoms with van der Waals surface area (Å²) >= 11 is 1.90. The summed E-state index contributed by atoms with van der Waals surface area (Å²) in [7, 11) is 3.34. The van der Waals surface area contributed by atoms with E-state index in [1.807, 2.05) is 17.8 Å². The molecule has 0 amide bonds. The quantitative estimate of drug-likeness (QED) is 0.174. The number of benzene rings is 1. The zero-order valence-electron chi connectivity index (χ0n) is 19.3. The van der Waals surface area contributed by atoms with E-state index in [0.29, 0.717) is 6.54 Å². The maximum absolute atomic E-state index is 5.57. The first-order valence-electron chi connectivity index (χ1n) is 10.8. The van der Waals surface area contributed by atoms with Crippen LogP contribution in [-0.2, 0) is 4.74 Å². The standard InChI is InChI=1S/C22H38N4O3S.HI/c1-5-23-22(24-10-6-7-15-30-4)25-17-19(26-11-13-29-14-12-26)18-8-9-20(27-2)21(16-18)28-3;/h8-9,16,19H,5-7,10-15,17H2,1-4H3,(H2,23,24,25);1H. The summed E-state index contributed by atoms with van der Waals surface area (Å²) in [5, 5.41) is 6.84. The Balaban J connectivity index is 0.00000480. The minimum atomic E-state index is 0. The summed E-state index contributed by atoms with van der Waals surface area (Å²) in [5.74, 6) is 3.57. The van der Waals surface area contributed by atoms with Crippen LogP contribution in [0.5, 0.6) is 11.5 Å². The number of hydrogen-bond acceptors (Lipinski definition) is 6.